The van der Waals surface area contributed by atoms with Crippen LogP contribution in [0.3, 0.4) is 0 Å². The van der Waals surface area contributed by atoms with Crippen LogP contribution in [0.4, 0.5) is 10.8 Å². The van der Waals surface area contributed by atoms with E-state index in [-0.39, 0.29) is 0 Å². The van der Waals surface area contributed by atoms with Crippen molar-refractivity contribution in [1.29, 1.82) is 0 Å². The van der Waals surface area contributed by atoms with E-state index < -0.39 is 0 Å². The summed E-state index contributed by atoms with van der Waals surface area (Å²) in [7, 11) is 0. The van der Waals surface area contributed by atoms with Gasteiger partial charge in [-0.2, -0.15) is 4.37 Å². The van der Waals surface area contributed by atoms with Gasteiger partial charge in [-0.15, -0.1) is 11.8 Å². The highest BCUT2D eigenvalue weighted by Crippen LogP contribution is 2.35. The Labute approximate surface area is 106 Å². The summed E-state index contributed by atoms with van der Waals surface area (Å²) < 4.78 is 4.16. The molecule has 1 rings (SSSR count). The number of nitrogen functional groups attached to an aromatic ring is 1. The van der Waals surface area contributed by atoms with Crippen molar-refractivity contribution in [3.63, 3.8) is 0 Å². The van der Waals surface area contributed by atoms with E-state index in [1.54, 1.807) is 11.8 Å². The van der Waals surface area contributed by atoms with Crippen LogP contribution in [0.1, 0.15) is 27.7 Å². The van der Waals surface area contributed by atoms with Crippen LogP contribution in [0.2, 0.25) is 0 Å². The van der Waals surface area contributed by atoms with Crippen molar-refractivity contribution in [1.82, 2.24) is 4.37 Å². The second-order valence-electron chi connectivity index (χ2n) is 5.08. The first-order valence-electron chi connectivity index (χ1n) is 5.39. The number of hydrogen-bond donors (Lipinski definition) is 2. The molecule has 0 amide bonds. The predicted molar refractivity (Wildman–Crippen MR) is 75.4 cm³/mol. The highest BCUT2D eigenvalue weighted by Gasteiger charge is 2.20. The Morgan fingerprint density at radius 1 is 1.50 bits per heavy atom. The van der Waals surface area contributed by atoms with Gasteiger partial charge in [-0.05, 0) is 29.1 Å². The molecule has 0 radical (unpaired) electrons. The number of thioether (sulfide) groups is 1. The molecule has 0 spiro atoms. The van der Waals surface area contributed by atoms with Crippen LogP contribution in [-0.2, 0) is 0 Å². The fraction of sp³-hybridized carbons (Fsp3) is 0.727. The third kappa shape index (κ3) is 3.28. The first-order chi connectivity index (χ1) is 7.36. The number of nitrogens with zero attached hydrogens (tertiary/aromatic N) is 1. The first kappa shape index (κ1) is 13.6. The van der Waals surface area contributed by atoms with E-state index in [1.807, 2.05) is 6.26 Å². The van der Waals surface area contributed by atoms with Gasteiger partial charge in [0.1, 0.15) is 5.00 Å². The summed E-state index contributed by atoms with van der Waals surface area (Å²) in [4.78, 5) is 1.08. The summed E-state index contributed by atoms with van der Waals surface area (Å²) >= 11 is 3.09. The zero-order valence-electron chi connectivity index (χ0n) is 10.6. The second-order valence-corrected chi connectivity index (χ2v) is 6.67. The van der Waals surface area contributed by atoms with Crippen LogP contribution in [0.15, 0.2) is 4.90 Å². The second kappa shape index (κ2) is 5.27. The average Bonchev–Trinajstić information content (AvgIpc) is 2.54. The summed E-state index contributed by atoms with van der Waals surface area (Å²) in [5, 5.41) is 4.54. The lowest BCUT2D eigenvalue weighted by molar-refractivity contribution is 0.274. The molecule has 1 atom stereocenters. The van der Waals surface area contributed by atoms with E-state index in [2.05, 4.69) is 37.4 Å². The predicted octanol–water partition coefficient (Wildman–Crippen LogP) is 3.54. The van der Waals surface area contributed by atoms with E-state index in [4.69, 9.17) is 5.73 Å². The number of rotatable bonds is 4. The van der Waals surface area contributed by atoms with Gasteiger partial charge in [-0.25, -0.2) is 0 Å². The quantitative estimate of drug-likeness (QED) is 0.812. The third-order valence-corrected chi connectivity index (χ3v) is 4.70. The van der Waals surface area contributed by atoms with E-state index in [9.17, 15) is 0 Å². The number of anilines is 2. The van der Waals surface area contributed by atoms with Crippen LogP contribution in [0.25, 0.3) is 0 Å². The Morgan fingerprint density at radius 2 is 2.12 bits per heavy atom. The Balaban J connectivity index is 2.61. The maximum atomic E-state index is 5.78. The zero-order chi connectivity index (χ0) is 12.3. The molecular weight excluding hydrogens is 238 g/mol. The van der Waals surface area contributed by atoms with Crippen molar-refractivity contribution in [2.75, 3.05) is 23.9 Å². The summed E-state index contributed by atoms with van der Waals surface area (Å²) in [5.74, 6) is 1.24. The molecule has 0 aliphatic heterocycles. The largest absolute Gasteiger partial charge is 0.382 e. The van der Waals surface area contributed by atoms with Gasteiger partial charge in [0, 0.05) is 6.54 Å². The summed E-state index contributed by atoms with van der Waals surface area (Å²) in [6.45, 7) is 10.00. The van der Waals surface area contributed by atoms with E-state index in [0.29, 0.717) is 17.2 Å². The van der Waals surface area contributed by atoms with E-state index >= 15 is 0 Å². The molecule has 0 aliphatic carbocycles. The smallest absolute Gasteiger partial charge is 0.153 e. The number of nitrogens with two attached hydrogens (primary N) is 1. The Bertz CT molecular complexity index is 341. The Morgan fingerprint density at radius 3 is 2.62 bits per heavy atom. The van der Waals surface area contributed by atoms with Crippen molar-refractivity contribution in [3.05, 3.63) is 0 Å². The molecule has 5 heteroatoms. The van der Waals surface area contributed by atoms with Gasteiger partial charge >= 0.3 is 0 Å². The van der Waals surface area contributed by atoms with Gasteiger partial charge in [0.15, 0.2) is 5.82 Å². The van der Waals surface area contributed by atoms with Gasteiger partial charge < -0.3 is 11.1 Å². The van der Waals surface area contributed by atoms with Crippen molar-refractivity contribution >= 4 is 34.1 Å². The molecule has 1 aromatic heterocycles. The molecule has 0 saturated carbocycles. The highest BCUT2D eigenvalue weighted by atomic mass is 32.2. The monoisotopic (exact) mass is 259 g/mol. The van der Waals surface area contributed by atoms with Gasteiger partial charge in [0.2, 0.25) is 0 Å². The van der Waals surface area contributed by atoms with Crippen molar-refractivity contribution in [3.8, 4) is 0 Å². The zero-order valence-corrected chi connectivity index (χ0v) is 12.3. The van der Waals surface area contributed by atoms with Gasteiger partial charge in [-0.1, -0.05) is 27.7 Å². The third-order valence-electron chi connectivity index (χ3n) is 2.93. The molecule has 3 N–H and O–H groups in total. The Hall–Kier alpha value is -0.420. The molecule has 3 nitrogen and oxygen atoms in total. The molecule has 1 heterocycles. The SMILES string of the molecule is CSc1c(N)nsc1NCC(C)C(C)(C)C. The fourth-order valence-corrected chi connectivity index (χ4v) is 2.70. The molecule has 0 fully saturated rings. The summed E-state index contributed by atoms with van der Waals surface area (Å²) in [6, 6.07) is 0. The van der Waals surface area contributed by atoms with Gasteiger partial charge in [-0.3, -0.25) is 0 Å². The fourth-order valence-electron chi connectivity index (χ4n) is 1.16. The Kier molecular flexibility index (Phi) is 4.50. The summed E-state index contributed by atoms with van der Waals surface area (Å²) in [6.07, 6.45) is 2.03. The molecule has 1 aromatic rings. The standard InChI is InChI=1S/C11H21N3S2/c1-7(11(2,3)4)6-13-10-8(15-5)9(12)14-16-10/h7,13H,6H2,1-5H3,(H2,12,14). The van der Waals surface area contributed by atoms with Crippen LogP contribution in [0, 0.1) is 11.3 Å². The van der Waals surface area contributed by atoms with Gasteiger partial charge in [0.25, 0.3) is 0 Å². The normalized spacial score (nSPS) is 13.8. The highest BCUT2D eigenvalue weighted by molar-refractivity contribution is 7.99. The van der Waals surface area contributed by atoms with E-state index in [1.165, 1.54) is 11.5 Å². The molecule has 16 heavy (non-hydrogen) atoms. The first-order valence-corrected chi connectivity index (χ1v) is 7.39. The number of nitrogens with one attached hydrogen (secondary N) is 1. The molecule has 1 unspecified atom stereocenters. The molecule has 0 aliphatic rings. The van der Waals surface area contributed by atoms with Crippen molar-refractivity contribution < 1.29 is 0 Å². The lowest BCUT2D eigenvalue weighted by Crippen LogP contribution is -2.24. The topological polar surface area (TPSA) is 50.9 Å². The van der Waals surface area contributed by atoms with Crippen LogP contribution < -0.4 is 11.1 Å². The molecular formula is C11H21N3S2. The minimum Gasteiger partial charge on any atom is -0.382 e. The van der Waals surface area contributed by atoms with Gasteiger partial charge in [0.05, 0.1) is 4.90 Å². The summed E-state index contributed by atoms with van der Waals surface area (Å²) in [5.41, 5.74) is 6.10. The average molecular weight is 259 g/mol. The maximum absolute atomic E-state index is 5.78. The molecule has 0 aromatic carbocycles. The minimum absolute atomic E-state index is 0.322. The van der Waals surface area contributed by atoms with Crippen LogP contribution in [0.5, 0.6) is 0 Å². The molecule has 92 valence electrons. The number of aromatic nitrogens is 1. The maximum Gasteiger partial charge on any atom is 0.153 e. The molecule has 0 saturated heterocycles. The van der Waals surface area contributed by atoms with Crippen LogP contribution >= 0.6 is 23.3 Å². The van der Waals surface area contributed by atoms with Crippen molar-refractivity contribution in [2.45, 2.75) is 32.6 Å². The number of hydrogen-bond acceptors (Lipinski definition) is 5. The minimum atomic E-state index is 0.322. The van der Waals surface area contributed by atoms with Crippen molar-refractivity contribution in [2.24, 2.45) is 11.3 Å². The lowest BCUT2D eigenvalue weighted by atomic mass is 9.82. The van der Waals surface area contributed by atoms with E-state index in [0.717, 1.165) is 16.4 Å². The molecule has 0 bridgehead atoms. The lowest BCUT2D eigenvalue weighted by Gasteiger charge is -2.27. The van der Waals surface area contributed by atoms with Crippen LogP contribution in [-0.4, -0.2) is 17.2 Å².